The first-order chi connectivity index (χ1) is 18.7. The minimum atomic E-state index is -2.95. The topological polar surface area (TPSA) is 9.23 Å². The molecule has 1 radical (unpaired) electrons. The molecule has 4 aromatic carbocycles. The summed E-state index contributed by atoms with van der Waals surface area (Å²) in [5, 5.41) is 5.21. The van der Waals surface area contributed by atoms with Crippen LogP contribution in [0.25, 0.3) is 21.5 Å². The molecule has 0 spiro atoms. The Kier molecular flexibility index (Phi) is 10.9. The molecule has 1 nitrogen and oxygen atoms in total. The van der Waals surface area contributed by atoms with Crippen molar-refractivity contribution < 1.29 is 4.74 Å². The molecule has 0 bridgehead atoms. The van der Waals surface area contributed by atoms with Crippen LogP contribution in [0.1, 0.15) is 76.5 Å². The third-order valence-corrected chi connectivity index (χ3v) is 23.8. The maximum absolute atomic E-state index is 6.69. The Balaban J connectivity index is 2.04. The third-order valence-electron chi connectivity index (χ3n) is 8.22. The van der Waals surface area contributed by atoms with Crippen molar-refractivity contribution in [1.29, 1.82) is 0 Å². The van der Waals surface area contributed by atoms with Crippen LogP contribution in [0, 0.1) is 6.08 Å². The molecule has 199 valence electrons. The molecule has 2 heteroatoms. The molecule has 0 aliphatic rings. The van der Waals surface area contributed by atoms with Gasteiger partial charge >= 0.3 is 236 Å². The van der Waals surface area contributed by atoms with Gasteiger partial charge in [-0.1, -0.05) is 0 Å². The first kappa shape index (κ1) is 28.9. The Morgan fingerprint density at radius 2 is 1.16 bits per heavy atom. The zero-order chi connectivity index (χ0) is 26.8. The van der Waals surface area contributed by atoms with Crippen LogP contribution < -0.4 is 0 Å². The molecule has 0 saturated heterocycles. The number of benzene rings is 4. The summed E-state index contributed by atoms with van der Waals surface area (Å²) in [6.45, 7) is 7.06. The Bertz CT molecular complexity index is 1250. The van der Waals surface area contributed by atoms with Gasteiger partial charge in [-0.3, -0.25) is 0 Å². The van der Waals surface area contributed by atoms with Gasteiger partial charge in [0.1, 0.15) is 0 Å². The molecule has 0 aliphatic heterocycles. The van der Waals surface area contributed by atoms with Crippen molar-refractivity contribution in [2.45, 2.75) is 78.7 Å². The van der Waals surface area contributed by atoms with E-state index < -0.39 is 18.4 Å². The Labute approximate surface area is 235 Å². The van der Waals surface area contributed by atoms with Gasteiger partial charge in [-0.2, -0.15) is 0 Å². The van der Waals surface area contributed by atoms with Crippen molar-refractivity contribution in [2.75, 3.05) is 7.11 Å². The molecule has 4 aromatic rings. The van der Waals surface area contributed by atoms with Crippen LogP contribution in [0.4, 0.5) is 0 Å². The molecule has 0 amide bonds. The predicted octanol–water partition coefficient (Wildman–Crippen LogP) is 10.8. The van der Waals surface area contributed by atoms with Gasteiger partial charge in [0.15, 0.2) is 0 Å². The summed E-state index contributed by atoms with van der Waals surface area (Å²) in [5.41, 5.74) is 2.53. The number of rotatable bonds is 14. The zero-order valence-electron chi connectivity index (χ0n) is 23.9. The second-order valence-corrected chi connectivity index (χ2v) is 24.0. The SMILES string of the molecule is CCC[CH2][Sn]([CH2]CCC)([CH2]CCC)[C](=[C]c1ccccc1)C(OC)c1c2ccccc2cc2ccccc12. The molecule has 0 heterocycles. The van der Waals surface area contributed by atoms with Crippen LogP contribution >= 0.6 is 0 Å². The van der Waals surface area contributed by atoms with Crippen molar-refractivity contribution >= 4 is 39.9 Å². The first-order valence-electron chi connectivity index (χ1n) is 14.8. The van der Waals surface area contributed by atoms with E-state index in [9.17, 15) is 0 Å². The Morgan fingerprint density at radius 1 is 0.684 bits per heavy atom. The number of unbranched alkanes of at least 4 members (excludes halogenated alkanes) is 3. The van der Waals surface area contributed by atoms with Gasteiger partial charge in [0.05, 0.1) is 0 Å². The van der Waals surface area contributed by atoms with E-state index in [4.69, 9.17) is 4.74 Å². The van der Waals surface area contributed by atoms with E-state index in [1.165, 1.54) is 84.5 Å². The number of hydrogen-bond acceptors (Lipinski definition) is 1. The second-order valence-electron chi connectivity index (χ2n) is 10.8. The molecule has 1 unspecified atom stereocenters. The summed E-state index contributed by atoms with van der Waals surface area (Å²) in [6, 6.07) is 31.0. The maximum atomic E-state index is 6.69. The number of methoxy groups -OCH3 is 1. The molecule has 1 atom stereocenters. The molecular weight excluding hydrogens is 567 g/mol. The monoisotopic (exact) mass is 613 g/mol. The fourth-order valence-electron chi connectivity index (χ4n) is 6.19. The van der Waals surface area contributed by atoms with Crippen molar-refractivity contribution in [2.24, 2.45) is 0 Å². The minimum absolute atomic E-state index is 0.0763. The van der Waals surface area contributed by atoms with E-state index in [1.807, 2.05) is 7.11 Å². The van der Waals surface area contributed by atoms with Gasteiger partial charge in [0.25, 0.3) is 0 Å². The van der Waals surface area contributed by atoms with Crippen LogP contribution in [0.5, 0.6) is 0 Å². The predicted molar refractivity (Wildman–Crippen MR) is 168 cm³/mol. The van der Waals surface area contributed by atoms with E-state index >= 15 is 0 Å². The van der Waals surface area contributed by atoms with Crippen LogP contribution in [-0.2, 0) is 4.74 Å². The Morgan fingerprint density at radius 3 is 1.63 bits per heavy atom. The van der Waals surface area contributed by atoms with Crippen molar-refractivity contribution in [3.63, 3.8) is 0 Å². The van der Waals surface area contributed by atoms with Gasteiger partial charge in [-0.15, -0.1) is 0 Å². The van der Waals surface area contributed by atoms with E-state index in [-0.39, 0.29) is 6.10 Å². The Hall–Kier alpha value is -2.10. The standard InChI is InChI=1S/C24H18O.3C4H9.Sn/c1-25-23(16-15-18-9-3-2-4-10-18)24-21-13-7-5-11-19(21)17-20-12-6-8-14-22(20)24;3*1-3-4-2;/h2-14,17,23H,1H3;3*1,3-4H2,2H3;. The van der Waals surface area contributed by atoms with Crippen molar-refractivity contribution in [1.82, 2.24) is 0 Å². The summed E-state index contributed by atoms with van der Waals surface area (Å²) in [7, 11) is 1.93. The van der Waals surface area contributed by atoms with Crippen LogP contribution in [0.2, 0.25) is 13.3 Å². The third kappa shape index (κ3) is 6.54. The number of hydrogen-bond donors (Lipinski definition) is 0. The first-order valence-corrected chi connectivity index (χ1v) is 22.3. The second kappa shape index (κ2) is 14.3. The van der Waals surface area contributed by atoms with Crippen LogP contribution in [0.15, 0.2) is 88.5 Å². The molecule has 0 aromatic heterocycles. The van der Waals surface area contributed by atoms with Crippen LogP contribution in [0.3, 0.4) is 0 Å². The summed E-state index contributed by atoms with van der Waals surface area (Å²) in [6.07, 6.45) is 11.7. The molecule has 0 N–H and O–H groups in total. The molecule has 0 aliphatic carbocycles. The van der Waals surface area contributed by atoms with Crippen LogP contribution in [-0.4, -0.2) is 25.5 Å². The van der Waals surface area contributed by atoms with Gasteiger partial charge in [0, 0.05) is 0 Å². The number of fused-ring (bicyclic) bond motifs is 2. The summed E-state index contributed by atoms with van der Waals surface area (Å²) >= 11 is -2.95. The fourth-order valence-corrected chi connectivity index (χ4v) is 23.0. The summed E-state index contributed by atoms with van der Waals surface area (Å²) < 4.78 is 12.4. The summed E-state index contributed by atoms with van der Waals surface area (Å²) in [4.78, 5) is 0. The van der Waals surface area contributed by atoms with Gasteiger partial charge in [0.2, 0.25) is 0 Å². The van der Waals surface area contributed by atoms with E-state index in [0.717, 1.165) is 0 Å². The number of ether oxygens (including phenoxy) is 1. The van der Waals surface area contributed by atoms with E-state index in [0.29, 0.717) is 0 Å². The van der Waals surface area contributed by atoms with E-state index in [1.54, 1.807) is 3.59 Å². The molecule has 4 rings (SSSR count). The van der Waals surface area contributed by atoms with Crippen molar-refractivity contribution in [3.8, 4) is 0 Å². The van der Waals surface area contributed by atoms with Gasteiger partial charge in [-0.05, 0) is 0 Å². The van der Waals surface area contributed by atoms with Gasteiger partial charge in [-0.25, -0.2) is 0 Å². The normalized spacial score (nSPS) is 13.3. The molecule has 0 fully saturated rings. The fraction of sp³-hybridized carbons (Fsp3) is 0.389. The molecular formula is C36H45OSn. The van der Waals surface area contributed by atoms with Crippen molar-refractivity contribution in [3.05, 3.63) is 106 Å². The van der Waals surface area contributed by atoms with Gasteiger partial charge < -0.3 is 0 Å². The molecule has 0 saturated carbocycles. The average molecular weight is 612 g/mol. The average Bonchev–Trinajstić information content (AvgIpc) is 2.97. The zero-order valence-corrected chi connectivity index (χ0v) is 26.8. The molecule has 38 heavy (non-hydrogen) atoms. The quantitative estimate of drug-likeness (QED) is 0.102. The van der Waals surface area contributed by atoms with E-state index in [2.05, 4.69) is 112 Å². The summed E-state index contributed by atoms with van der Waals surface area (Å²) in [5.74, 6) is 0.